The predicted molar refractivity (Wildman–Crippen MR) is 108 cm³/mol. The van der Waals surface area contributed by atoms with E-state index in [0.717, 1.165) is 18.8 Å². The Morgan fingerprint density at radius 3 is 2.37 bits per heavy atom. The van der Waals surface area contributed by atoms with Crippen LogP contribution < -0.4 is 0 Å². The Kier molecular flexibility index (Phi) is 4.81. The van der Waals surface area contributed by atoms with E-state index in [4.69, 9.17) is 9.47 Å². The molecule has 156 valence electrons. The molecule has 0 radical (unpaired) electrons. The number of hydrogen-bond donors (Lipinski definition) is 1. The molecule has 4 aliphatic rings. The van der Waals surface area contributed by atoms with Gasteiger partial charge in [-0.2, -0.15) is 0 Å². The molecule has 0 heterocycles. The molecule has 3 nitrogen and oxygen atoms in total. The second-order valence-corrected chi connectivity index (χ2v) is 11.7. The number of aliphatic hydroxyl groups is 1. The predicted octanol–water partition coefficient (Wildman–Crippen LogP) is 5.55. The van der Waals surface area contributed by atoms with Gasteiger partial charge >= 0.3 is 0 Å². The minimum absolute atomic E-state index is 0.0584. The van der Waals surface area contributed by atoms with Gasteiger partial charge in [0.1, 0.15) is 0 Å². The molecule has 0 amide bonds. The summed E-state index contributed by atoms with van der Waals surface area (Å²) in [5.74, 6) is 1.42. The maximum absolute atomic E-state index is 10.6. The van der Waals surface area contributed by atoms with E-state index in [-0.39, 0.29) is 11.7 Å². The van der Waals surface area contributed by atoms with E-state index in [1.54, 1.807) is 0 Å². The van der Waals surface area contributed by atoms with Crippen molar-refractivity contribution in [2.24, 2.45) is 34.5 Å². The van der Waals surface area contributed by atoms with Crippen molar-refractivity contribution >= 4 is 0 Å². The number of fused-ring (bicyclic) bond motifs is 5. The Morgan fingerprint density at radius 2 is 1.70 bits per heavy atom. The standard InChI is InChI=1S/C24H42O3/c1-21(2,25)27-18-15-16-9-7-8-11-23(16,4)17-10-12-22(3)13-14-24(5,26-6)20(22)19(17)18/h16-20,25H,7-15H2,1-6H3/t16?,17?,18?,19?,20?,22-,23+,24?/m1/s1. The molecular formula is C24H42O3. The third kappa shape index (κ3) is 3.11. The maximum Gasteiger partial charge on any atom is 0.160 e. The van der Waals surface area contributed by atoms with Crippen LogP contribution in [0.2, 0.25) is 0 Å². The van der Waals surface area contributed by atoms with Gasteiger partial charge in [0.2, 0.25) is 0 Å². The maximum atomic E-state index is 10.6. The van der Waals surface area contributed by atoms with E-state index in [0.29, 0.717) is 28.6 Å². The first kappa shape index (κ1) is 20.2. The van der Waals surface area contributed by atoms with Crippen LogP contribution in [-0.4, -0.2) is 29.7 Å². The molecule has 0 aromatic heterocycles. The van der Waals surface area contributed by atoms with Gasteiger partial charge in [0.05, 0.1) is 11.7 Å². The van der Waals surface area contributed by atoms with Crippen LogP contribution in [0.5, 0.6) is 0 Å². The van der Waals surface area contributed by atoms with Crippen molar-refractivity contribution in [2.75, 3.05) is 7.11 Å². The second kappa shape index (κ2) is 6.44. The lowest BCUT2D eigenvalue weighted by Crippen LogP contribution is -2.61. The molecule has 4 fully saturated rings. The van der Waals surface area contributed by atoms with Crippen molar-refractivity contribution in [2.45, 2.75) is 110 Å². The molecule has 0 spiro atoms. The van der Waals surface area contributed by atoms with Gasteiger partial charge in [-0.1, -0.05) is 26.7 Å². The average Bonchev–Trinajstić information content (AvgIpc) is 2.86. The van der Waals surface area contributed by atoms with Crippen molar-refractivity contribution in [3.05, 3.63) is 0 Å². The smallest absolute Gasteiger partial charge is 0.160 e. The van der Waals surface area contributed by atoms with Gasteiger partial charge in [-0.15, -0.1) is 0 Å². The highest BCUT2D eigenvalue weighted by Crippen LogP contribution is 2.69. The fourth-order valence-corrected chi connectivity index (χ4v) is 8.36. The van der Waals surface area contributed by atoms with Crippen molar-refractivity contribution < 1.29 is 14.6 Å². The van der Waals surface area contributed by atoms with Gasteiger partial charge in [0, 0.05) is 7.11 Å². The Labute approximate surface area is 166 Å². The van der Waals surface area contributed by atoms with Crippen LogP contribution in [0.15, 0.2) is 0 Å². The van der Waals surface area contributed by atoms with Crippen LogP contribution in [0.1, 0.15) is 92.4 Å². The van der Waals surface area contributed by atoms with Crippen LogP contribution in [0.4, 0.5) is 0 Å². The zero-order valence-electron chi connectivity index (χ0n) is 18.5. The van der Waals surface area contributed by atoms with Gasteiger partial charge in [-0.05, 0) is 100 Å². The monoisotopic (exact) mass is 378 g/mol. The largest absolute Gasteiger partial charge is 0.378 e. The first-order valence-electron chi connectivity index (χ1n) is 11.5. The molecule has 0 saturated heterocycles. The quantitative estimate of drug-likeness (QED) is 0.655. The molecule has 6 unspecified atom stereocenters. The van der Waals surface area contributed by atoms with Crippen LogP contribution in [0, 0.1) is 34.5 Å². The van der Waals surface area contributed by atoms with Crippen molar-refractivity contribution in [3.63, 3.8) is 0 Å². The van der Waals surface area contributed by atoms with E-state index in [1.165, 1.54) is 44.9 Å². The summed E-state index contributed by atoms with van der Waals surface area (Å²) >= 11 is 0. The fraction of sp³-hybridized carbons (Fsp3) is 1.00. The highest BCUT2D eigenvalue weighted by atomic mass is 16.6. The van der Waals surface area contributed by atoms with Crippen LogP contribution >= 0.6 is 0 Å². The van der Waals surface area contributed by atoms with Crippen molar-refractivity contribution in [1.29, 1.82) is 0 Å². The zero-order chi connectivity index (χ0) is 19.7. The minimum atomic E-state index is -1.06. The molecule has 4 rings (SSSR count). The summed E-state index contributed by atoms with van der Waals surface area (Å²) in [4.78, 5) is 0. The molecule has 0 aromatic carbocycles. The van der Waals surface area contributed by atoms with Gasteiger partial charge < -0.3 is 14.6 Å². The highest BCUT2D eigenvalue weighted by Gasteiger charge is 2.66. The summed E-state index contributed by atoms with van der Waals surface area (Å²) in [7, 11) is 1.91. The molecule has 0 aromatic rings. The SMILES string of the molecule is COC1(C)CC[C@@]2(C)CCC3C(C(OC(C)(C)O)CC4CCCC[C@@]43C)C12. The van der Waals surface area contributed by atoms with E-state index in [1.807, 2.05) is 21.0 Å². The van der Waals surface area contributed by atoms with Gasteiger partial charge in [-0.3, -0.25) is 0 Å². The number of methoxy groups -OCH3 is 1. The van der Waals surface area contributed by atoms with Gasteiger partial charge in [0.15, 0.2) is 5.79 Å². The Bertz CT molecular complexity index is 558. The van der Waals surface area contributed by atoms with E-state index in [9.17, 15) is 5.11 Å². The third-order valence-corrected chi connectivity index (χ3v) is 9.63. The molecule has 4 aliphatic carbocycles. The molecular weight excluding hydrogens is 336 g/mol. The third-order valence-electron chi connectivity index (χ3n) is 9.63. The molecule has 27 heavy (non-hydrogen) atoms. The lowest BCUT2D eigenvalue weighted by molar-refractivity contribution is -0.273. The first-order chi connectivity index (χ1) is 12.5. The summed E-state index contributed by atoms with van der Waals surface area (Å²) in [5.41, 5.74) is 0.739. The normalized spacial score (nSPS) is 52.8. The molecule has 3 heteroatoms. The second-order valence-electron chi connectivity index (χ2n) is 11.7. The van der Waals surface area contributed by atoms with Gasteiger partial charge in [-0.25, -0.2) is 0 Å². The van der Waals surface area contributed by atoms with Crippen LogP contribution in [-0.2, 0) is 9.47 Å². The lowest BCUT2D eigenvalue weighted by atomic mass is 9.43. The Morgan fingerprint density at radius 1 is 0.963 bits per heavy atom. The van der Waals surface area contributed by atoms with Crippen LogP contribution in [0.25, 0.3) is 0 Å². The first-order valence-corrected chi connectivity index (χ1v) is 11.5. The van der Waals surface area contributed by atoms with Gasteiger partial charge in [0.25, 0.3) is 0 Å². The lowest BCUT2D eigenvalue weighted by Gasteiger charge is -2.63. The topological polar surface area (TPSA) is 38.7 Å². The summed E-state index contributed by atoms with van der Waals surface area (Å²) < 4.78 is 12.6. The Balaban J connectivity index is 1.77. The zero-order valence-corrected chi connectivity index (χ0v) is 18.5. The molecule has 0 bridgehead atoms. The molecule has 4 saturated carbocycles. The molecule has 8 atom stereocenters. The van der Waals surface area contributed by atoms with E-state index >= 15 is 0 Å². The van der Waals surface area contributed by atoms with Crippen LogP contribution in [0.3, 0.4) is 0 Å². The van der Waals surface area contributed by atoms with Crippen molar-refractivity contribution in [3.8, 4) is 0 Å². The minimum Gasteiger partial charge on any atom is -0.378 e. The molecule has 1 N–H and O–H groups in total. The number of rotatable bonds is 3. The highest BCUT2D eigenvalue weighted by molar-refractivity contribution is 5.14. The number of hydrogen-bond acceptors (Lipinski definition) is 3. The van der Waals surface area contributed by atoms with E-state index in [2.05, 4.69) is 20.8 Å². The number of ether oxygens (including phenoxy) is 2. The summed E-state index contributed by atoms with van der Waals surface area (Å²) in [6.45, 7) is 11.1. The fourth-order valence-electron chi connectivity index (χ4n) is 8.36. The van der Waals surface area contributed by atoms with Crippen molar-refractivity contribution in [1.82, 2.24) is 0 Å². The van der Waals surface area contributed by atoms with E-state index < -0.39 is 5.79 Å². The summed E-state index contributed by atoms with van der Waals surface area (Å²) in [6.07, 6.45) is 11.8. The average molecular weight is 379 g/mol. The molecule has 0 aliphatic heterocycles. The Hall–Kier alpha value is -0.120. The summed E-state index contributed by atoms with van der Waals surface area (Å²) in [5, 5.41) is 10.6. The summed E-state index contributed by atoms with van der Waals surface area (Å²) in [6, 6.07) is 0.